The van der Waals surface area contributed by atoms with Crippen molar-refractivity contribution in [3.8, 4) is 0 Å². The normalized spacial score (nSPS) is 55.6. The van der Waals surface area contributed by atoms with E-state index in [9.17, 15) is 9.59 Å². The molecule has 0 aromatic carbocycles. The van der Waals surface area contributed by atoms with Gasteiger partial charge in [0.2, 0.25) is 0 Å². The Morgan fingerprint density at radius 3 is 1.11 bits per heavy atom. The third-order valence-corrected chi connectivity index (χ3v) is 6.36. The molecule has 3 fully saturated rings. The Balaban J connectivity index is 1.90. The van der Waals surface area contributed by atoms with Crippen LogP contribution in [-0.4, -0.2) is 11.6 Å². The van der Waals surface area contributed by atoms with Crippen molar-refractivity contribution in [1.82, 2.24) is 0 Å². The Bertz CT molecular complexity index is 347. The molecule has 0 radical (unpaired) electrons. The molecule has 0 amide bonds. The molecular weight excluding hydrogens is 224 g/mol. The lowest BCUT2D eigenvalue weighted by molar-refractivity contribution is -0.171. The van der Waals surface area contributed by atoms with Crippen molar-refractivity contribution in [3.05, 3.63) is 0 Å². The molecule has 2 spiro atoms. The zero-order chi connectivity index (χ0) is 13.3. The van der Waals surface area contributed by atoms with Crippen molar-refractivity contribution in [2.45, 2.75) is 53.4 Å². The lowest BCUT2D eigenvalue weighted by atomic mass is 9.48. The number of ketones is 2. The molecule has 0 saturated heterocycles. The molecule has 0 aromatic rings. The van der Waals surface area contributed by atoms with E-state index in [0.29, 0.717) is 35.2 Å². The predicted molar refractivity (Wildman–Crippen MR) is 70.0 cm³/mol. The fraction of sp³-hybridized carbons (Fsp3) is 0.875. The van der Waals surface area contributed by atoms with Gasteiger partial charge < -0.3 is 0 Å². The third kappa shape index (κ3) is 1.20. The standard InChI is InChI=1S/C16H24O2/c1-9-5-15(6-10(9)2)13(17)16(14(15)18)7-11(3)12(4)8-16/h9-12H,5-8H2,1-4H3. The second-order valence-electron chi connectivity index (χ2n) is 7.55. The fourth-order valence-corrected chi connectivity index (χ4v) is 4.97. The van der Waals surface area contributed by atoms with Gasteiger partial charge in [-0.3, -0.25) is 9.59 Å². The molecule has 4 atom stereocenters. The van der Waals surface area contributed by atoms with Gasteiger partial charge in [-0.15, -0.1) is 0 Å². The maximum absolute atomic E-state index is 12.8. The summed E-state index contributed by atoms with van der Waals surface area (Å²) in [4.78, 5) is 25.6. The first kappa shape index (κ1) is 12.4. The van der Waals surface area contributed by atoms with Crippen LogP contribution in [0.5, 0.6) is 0 Å². The van der Waals surface area contributed by atoms with Crippen molar-refractivity contribution in [1.29, 1.82) is 0 Å². The average Bonchev–Trinajstić information content (AvgIpc) is 2.80. The second-order valence-corrected chi connectivity index (χ2v) is 7.55. The molecule has 2 heteroatoms. The van der Waals surface area contributed by atoms with Gasteiger partial charge in [0.25, 0.3) is 0 Å². The van der Waals surface area contributed by atoms with Crippen LogP contribution >= 0.6 is 0 Å². The smallest absolute Gasteiger partial charge is 0.160 e. The van der Waals surface area contributed by atoms with Gasteiger partial charge in [0, 0.05) is 0 Å². The summed E-state index contributed by atoms with van der Waals surface area (Å²) in [7, 11) is 0. The minimum atomic E-state index is -0.553. The second kappa shape index (κ2) is 3.46. The Hall–Kier alpha value is -0.660. The Kier molecular flexibility index (Phi) is 2.38. The summed E-state index contributed by atoms with van der Waals surface area (Å²) in [6, 6.07) is 0. The highest BCUT2D eigenvalue weighted by molar-refractivity contribution is 6.31. The summed E-state index contributed by atoms with van der Waals surface area (Å²) in [5.74, 6) is 2.70. The van der Waals surface area contributed by atoms with Gasteiger partial charge in [0.1, 0.15) is 0 Å². The van der Waals surface area contributed by atoms with Crippen molar-refractivity contribution >= 4 is 11.6 Å². The Morgan fingerprint density at radius 1 is 0.667 bits per heavy atom. The molecule has 100 valence electrons. The molecule has 3 saturated carbocycles. The molecule has 3 aliphatic rings. The van der Waals surface area contributed by atoms with Crippen LogP contribution in [-0.2, 0) is 9.59 Å². The van der Waals surface area contributed by atoms with Crippen LogP contribution in [0.15, 0.2) is 0 Å². The monoisotopic (exact) mass is 248 g/mol. The van der Waals surface area contributed by atoms with Crippen molar-refractivity contribution in [2.24, 2.45) is 34.5 Å². The molecular formula is C16H24O2. The van der Waals surface area contributed by atoms with E-state index in [0.717, 1.165) is 25.7 Å². The number of Topliss-reactive ketones (excluding diaryl/α,β-unsaturated/α-hetero) is 2. The molecule has 0 aromatic heterocycles. The number of carbonyl (C=O) groups excluding carboxylic acids is 2. The SMILES string of the molecule is CC1CC2(CC1C)C(=O)C1(CC(C)C(C)C1)C2=O. The van der Waals surface area contributed by atoms with Gasteiger partial charge in [-0.25, -0.2) is 0 Å². The highest BCUT2D eigenvalue weighted by Gasteiger charge is 2.74. The Labute approximate surface area is 110 Å². The van der Waals surface area contributed by atoms with Crippen molar-refractivity contribution < 1.29 is 9.59 Å². The lowest BCUT2D eigenvalue weighted by Crippen LogP contribution is -2.65. The summed E-state index contributed by atoms with van der Waals surface area (Å²) in [6.07, 6.45) is 3.26. The Morgan fingerprint density at radius 2 is 0.889 bits per heavy atom. The van der Waals surface area contributed by atoms with Gasteiger partial charge >= 0.3 is 0 Å². The van der Waals surface area contributed by atoms with E-state index in [1.54, 1.807) is 0 Å². The summed E-state index contributed by atoms with van der Waals surface area (Å²) < 4.78 is 0. The van der Waals surface area contributed by atoms with E-state index in [1.807, 2.05) is 0 Å². The first-order chi connectivity index (χ1) is 8.33. The molecule has 0 bridgehead atoms. The van der Waals surface area contributed by atoms with Crippen LogP contribution in [0.4, 0.5) is 0 Å². The van der Waals surface area contributed by atoms with E-state index >= 15 is 0 Å². The molecule has 3 rings (SSSR count). The van der Waals surface area contributed by atoms with Crippen LogP contribution in [0.3, 0.4) is 0 Å². The van der Waals surface area contributed by atoms with E-state index in [2.05, 4.69) is 27.7 Å². The fourth-order valence-electron chi connectivity index (χ4n) is 4.97. The van der Waals surface area contributed by atoms with Crippen LogP contribution in [0, 0.1) is 34.5 Å². The largest absolute Gasteiger partial charge is 0.297 e. The highest BCUT2D eigenvalue weighted by Crippen LogP contribution is 2.65. The summed E-state index contributed by atoms with van der Waals surface area (Å²) in [5.41, 5.74) is -1.11. The molecule has 18 heavy (non-hydrogen) atoms. The average molecular weight is 248 g/mol. The lowest BCUT2D eigenvalue weighted by Gasteiger charge is -2.49. The molecule has 3 aliphatic carbocycles. The van der Waals surface area contributed by atoms with Crippen LogP contribution in [0.25, 0.3) is 0 Å². The quantitative estimate of drug-likeness (QED) is 0.617. The molecule has 0 heterocycles. The van der Waals surface area contributed by atoms with Crippen molar-refractivity contribution in [2.75, 3.05) is 0 Å². The summed E-state index contributed by atoms with van der Waals surface area (Å²) in [6.45, 7) is 8.74. The number of hydrogen-bond donors (Lipinski definition) is 0. The van der Waals surface area contributed by atoms with Crippen LogP contribution in [0.2, 0.25) is 0 Å². The molecule has 4 unspecified atom stereocenters. The summed E-state index contributed by atoms with van der Waals surface area (Å²) in [5, 5.41) is 0. The van der Waals surface area contributed by atoms with Crippen LogP contribution < -0.4 is 0 Å². The summed E-state index contributed by atoms with van der Waals surface area (Å²) >= 11 is 0. The van der Waals surface area contributed by atoms with Gasteiger partial charge in [-0.1, -0.05) is 27.7 Å². The predicted octanol–water partition coefficient (Wildman–Crippen LogP) is 3.24. The zero-order valence-corrected chi connectivity index (χ0v) is 12.0. The van der Waals surface area contributed by atoms with E-state index in [4.69, 9.17) is 0 Å². The van der Waals surface area contributed by atoms with E-state index in [-0.39, 0.29) is 0 Å². The minimum absolute atomic E-state index is 0.312. The zero-order valence-electron chi connectivity index (χ0n) is 12.0. The van der Waals surface area contributed by atoms with E-state index < -0.39 is 10.8 Å². The minimum Gasteiger partial charge on any atom is -0.297 e. The number of carbonyl (C=O) groups is 2. The first-order valence-corrected chi connectivity index (χ1v) is 7.43. The molecule has 2 nitrogen and oxygen atoms in total. The van der Waals surface area contributed by atoms with Gasteiger partial charge in [0.15, 0.2) is 11.6 Å². The number of rotatable bonds is 0. The van der Waals surface area contributed by atoms with E-state index in [1.165, 1.54) is 0 Å². The van der Waals surface area contributed by atoms with Gasteiger partial charge in [-0.2, -0.15) is 0 Å². The number of hydrogen-bond acceptors (Lipinski definition) is 2. The van der Waals surface area contributed by atoms with Crippen molar-refractivity contribution in [3.63, 3.8) is 0 Å². The topological polar surface area (TPSA) is 34.1 Å². The third-order valence-electron chi connectivity index (χ3n) is 6.36. The highest BCUT2D eigenvalue weighted by atomic mass is 16.2. The molecule has 0 aliphatic heterocycles. The van der Waals surface area contributed by atoms with Gasteiger partial charge in [-0.05, 0) is 49.4 Å². The maximum Gasteiger partial charge on any atom is 0.160 e. The first-order valence-electron chi connectivity index (χ1n) is 7.43. The maximum atomic E-state index is 12.8. The van der Waals surface area contributed by atoms with Gasteiger partial charge in [0.05, 0.1) is 10.8 Å². The van der Waals surface area contributed by atoms with Crippen LogP contribution in [0.1, 0.15) is 53.4 Å². The molecule has 0 N–H and O–H groups in total.